The minimum Gasteiger partial charge on any atom is -0.388 e. The molecule has 1 heterocycles. The average molecular weight is 162 g/mol. The highest BCUT2D eigenvalue weighted by molar-refractivity contribution is 4.85. The molecule has 4 heteroatoms. The maximum absolute atomic E-state index is 9.40. The molecule has 66 valence electrons. The number of hydrogen-bond donors (Lipinski definition) is 2. The Balaban J connectivity index is 2.55. The quantitative estimate of drug-likeness (QED) is 0.527. The van der Waals surface area contributed by atoms with Crippen molar-refractivity contribution in [2.75, 3.05) is 13.7 Å². The van der Waals surface area contributed by atoms with Crippen LogP contribution in [-0.4, -0.2) is 48.3 Å². The summed E-state index contributed by atoms with van der Waals surface area (Å²) in [7, 11) is 1.47. The van der Waals surface area contributed by atoms with E-state index in [0.717, 1.165) is 0 Å². The molecule has 0 spiro atoms. The van der Waals surface area contributed by atoms with Gasteiger partial charge in [0.2, 0.25) is 0 Å². The first-order chi connectivity index (χ1) is 5.16. The monoisotopic (exact) mass is 162 g/mol. The predicted molar refractivity (Wildman–Crippen MR) is 38.2 cm³/mol. The zero-order valence-corrected chi connectivity index (χ0v) is 6.73. The van der Waals surface area contributed by atoms with E-state index < -0.39 is 18.3 Å². The number of aliphatic hydroxyl groups excluding tert-OH is 2. The van der Waals surface area contributed by atoms with Crippen LogP contribution in [-0.2, 0) is 9.47 Å². The lowest BCUT2D eigenvalue weighted by Crippen LogP contribution is -2.52. The second kappa shape index (κ2) is 3.49. The Morgan fingerprint density at radius 1 is 1.45 bits per heavy atom. The molecule has 0 aliphatic carbocycles. The molecular weight excluding hydrogens is 148 g/mol. The smallest absolute Gasteiger partial charge is 0.114 e. The molecule has 1 rings (SSSR count). The van der Waals surface area contributed by atoms with Gasteiger partial charge in [0.25, 0.3) is 0 Å². The Morgan fingerprint density at radius 2 is 2.09 bits per heavy atom. The summed E-state index contributed by atoms with van der Waals surface area (Å²) in [4.78, 5) is 0. The third kappa shape index (κ3) is 1.70. The van der Waals surface area contributed by atoms with Crippen LogP contribution in [0.2, 0.25) is 0 Å². The molecule has 0 aromatic rings. The topological polar surface area (TPSA) is 58.9 Å². The molecule has 2 N–H and O–H groups in total. The molecule has 0 unspecified atom stereocenters. The Labute approximate surface area is 65.7 Å². The number of methoxy groups -OCH3 is 1. The lowest BCUT2D eigenvalue weighted by atomic mass is 10.0. The minimum absolute atomic E-state index is 0.233. The van der Waals surface area contributed by atoms with Crippen molar-refractivity contribution in [2.24, 2.45) is 0 Å². The highest BCUT2D eigenvalue weighted by Crippen LogP contribution is 2.16. The molecule has 0 aromatic carbocycles. The van der Waals surface area contributed by atoms with Crippen molar-refractivity contribution < 1.29 is 19.7 Å². The lowest BCUT2D eigenvalue weighted by molar-refractivity contribution is -0.190. The van der Waals surface area contributed by atoms with Crippen molar-refractivity contribution in [3.63, 3.8) is 0 Å². The van der Waals surface area contributed by atoms with Crippen LogP contribution in [0.4, 0.5) is 0 Å². The van der Waals surface area contributed by atoms with Gasteiger partial charge in [-0.1, -0.05) is 0 Å². The molecular formula is C7H14O4. The van der Waals surface area contributed by atoms with Crippen molar-refractivity contribution >= 4 is 0 Å². The van der Waals surface area contributed by atoms with Gasteiger partial charge in [0.05, 0.1) is 12.7 Å². The van der Waals surface area contributed by atoms with E-state index in [0.29, 0.717) is 0 Å². The van der Waals surface area contributed by atoms with E-state index in [-0.39, 0.29) is 12.7 Å². The van der Waals surface area contributed by atoms with Crippen LogP contribution in [0, 0.1) is 0 Å². The minimum atomic E-state index is -0.733. The van der Waals surface area contributed by atoms with Crippen LogP contribution in [0.25, 0.3) is 0 Å². The van der Waals surface area contributed by atoms with Crippen molar-refractivity contribution in [1.29, 1.82) is 0 Å². The van der Waals surface area contributed by atoms with Gasteiger partial charge in [0.15, 0.2) is 0 Å². The maximum atomic E-state index is 9.40. The summed E-state index contributed by atoms with van der Waals surface area (Å²) in [6.45, 7) is 1.99. The number of rotatable bonds is 1. The van der Waals surface area contributed by atoms with Crippen LogP contribution >= 0.6 is 0 Å². The fourth-order valence-electron chi connectivity index (χ4n) is 1.24. The third-order valence-electron chi connectivity index (χ3n) is 2.00. The summed E-state index contributed by atoms with van der Waals surface area (Å²) >= 11 is 0. The van der Waals surface area contributed by atoms with Gasteiger partial charge in [-0.3, -0.25) is 0 Å². The van der Waals surface area contributed by atoms with E-state index in [4.69, 9.17) is 9.47 Å². The van der Waals surface area contributed by atoms with E-state index in [1.807, 2.05) is 0 Å². The molecule has 11 heavy (non-hydrogen) atoms. The molecule has 0 aromatic heterocycles. The largest absolute Gasteiger partial charge is 0.388 e. The van der Waals surface area contributed by atoms with Crippen LogP contribution < -0.4 is 0 Å². The first-order valence-electron chi connectivity index (χ1n) is 3.67. The molecule has 1 aliphatic heterocycles. The van der Waals surface area contributed by atoms with Crippen LogP contribution in [0.5, 0.6) is 0 Å². The van der Waals surface area contributed by atoms with E-state index in [2.05, 4.69) is 0 Å². The summed E-state index contributed by atoms with van der Waals surface area (Å²) in [5.74, 6) is 0. The second-order valence-corrected chi connectivity index (χ2v) is 2.80. The Hall–Kier alpha value is -0.160. The Kier molecular flexibility index (Phi) is 2.84. The van der Waals surface area contributed by atoms with Crippen molar-refractivity contribution in [3.8, 4) is 0 Å². The number of ether oxygens (including phenoxy) is 2. The van der Waals surface area contributed by atoms with Crippen molar-refractivity contribution in [1.82, 2.24) is 0 Å². The summed E-state index contributed by atoms with van der Waals surface area (Å²) in [5.41, 5.74) is 0. The first-order valence-corrected chi connectivity index (χ1v) is 3.67. The highest BCUT2D eigenvalue weighted by atomic mass is 16.5. The van der Waals surface area contributed by atoms with Gasteiger partial charge in [0, 0.05) is 7.11 Å². The van der Waals surface area contributed by atoms with Crippen molar-refractivity contribution in [3.05, 3.63) is 0 Å². The van der Waals surface area contributed by atoms with Crippen LogP contribution in [0.3, 0.4) is 0 Å². The molecule has 4 nitrogen and oxygen atoms in total. The van der Waals surface area contributed by atoms with E-state index in [9.17, 15) is 10.2 Å². The zero-order chi connectivity index (χ0) is 8.43. The zero-order valence-electron chi connectivity index (χ0n) is 6.73. The van der Waals surface area contributed by atoms with Gasteiger partial charge < -0.3 is 19.7 Å². The van der Waals surface area contributed by atoms with Crippen LogP contribution in [0.1, 0.15) is 6.92 Å². The SMILES string of the molecule is CO[C@@H]1[C@@H](O)[C@H](C)OC[C@H]1O. The molecule has 4 atom stereocenters. The molecule has 0 amide bonds. The first kappa shape index (κ1) is 8.93. The fraction of sp³-hybridized carbons (Fsp3) is 1.00. The summed E-state index contributed by atoms with van der Waals surface area (Å²) in [6, 6.07) is 0. The molecule has 1 fully saturated rings. The van der Waals surface area contributed by atoms with Gasteiger partial charge in [-0.15, -0.1) is 0 Å². The van der Waals surface area contributed by atoms with E-state index >= 15 is 0 Å². The third-order valence-corrected chi connectivity index (χ3v) is 2.00. The molecule has 1 aliphatic rings. The number of hydrogen-bond acceptors (Lipinski definition) is 4. The second-order valence-electron chi connectivity index (χ2n) is 2.80. The van der Waals surface area contributed by atoms with Crippen molar-refractivity contribution in [2.45, 2.75) is 31.3 Å². The van der Waals surface area contributed by atoms with E-state index in [1.54, 1.807) is 6.92 Å². The molecule has 0 bridgehead atoms. The maximum Gasteiger partial charge on any atom is 0.114 e. The number of aliphatic hydroxyl groups is 2. The predicted octanol–water partition coefficient (Wildman–Crippen LogP) is -0.858. The Morgan fingerprint density at radius 3 is 2.55 bits per heavy atom. The van der Waals surface area contributed by atoms with Gasteiger partial charge in [-0.05, 0) is 6.92 Å². The van der Waals surface area contributed by atoms with Gasteiger partial charge >= 0.3 is 0 Å². The summed E-state index contributed by atoms with van der Waals surface area (Å²) in [6.07, 6.45) is -2.22. The van der Waals surface area contributed by atoms with Gasteiger partial charge in [-0.25, -0.2) is 0 Å². The fourth-order valence-corrected chi connectivity index (χ4v) is 1.24. The average Bonchev–Trinajstić information content (AvgIpc) is 1.99. The molecule has 0 saturated carbocycles. The summed E-state index contributed by atoms with van der Waals surface area (Å²) in [5, 5.41) is 18.6. The Bertz CT molecular complexity index is 128. The van der Waals surface area contributed by atoms with E-state index in [1.165, 1.54) is 7.11 Å². The van der Waals surface area contributed by atoms with Gasteiger partial charge in [-0.2, -0.15) is 0 Å². The summed E-state index contributed by atoms with van der Waals surface area (Å²) < 4.78 is 9.96. The normalized spacial score (nSPS) is 45.8. The molecule has 1 saturated heterocycles. The van der Waals surface area contributed by atoms with Gasteiger partial charge in [0.1, 0.15) is 18.3 Å². The van der Waals surface area contributed by atoms with Crippen LogP contribution in [0.15, 0.2) is 0 Å². The lowest BCUT2D eigenvalue weighted by Gasteiger charge is -2.35. The molecule has 0 radical (unpaired) electrons. The highest BCUT2D eigenvalue weighted by Gasteiger charge is 2.36. The standard InChI is InChI=1S/C7H14O4/c1-4-6(9)7(10-2)5(8)3-11-4/h4-9H,3H2,1-2H3/t4-,5+,6-,7-/m0/s1.